The molecule has 3 aromatic carbocycles. The van der Waals surface area contributed by atoms with E-state index >= 15 is 0 Å². The molecule has 34 heavy (non-hydrogen) atoms. The number of rotatable bonds is 5. The molecule has 1 fully saturated rings. The fourth-order valence-electron chi connectivity index (χ4n) is 3.97. The Labute approximate surface area is 193 Å². The van der Waals surface area contributed by atoms with Crippen molar-refractivity contribution in [3.63, 3.8) is 0 Å². The molecule has 5 rings (SSSR count). The molecule has 0 unspecified atom stereocenters. The fourth-order valence-corrected chi connectivity index (χ4v) is 3.97. The van der Waals surface area contributed by atoms with Crippen molar-refractivity contribution < 1.29 is 23.5 Å². The second-order valence-corrected chi connectivity index (χ2v) is 7.76. The molecule has 0 bridgehead atoms. The third kappa shape index (κ3) is 3.77. The lowest BCUT2D eigenvalue weighted by Gasteiger charge is -2.13. The SMILES string of the molecule is COc1ccc(-c2ccc(F)cc2)c2nc(NC(=O)c3ccc(N4C(=O)CCC4=O)cc3)[nH]c12. The van der Waals surface area contributed by atoms with Gasteiger partial charge >= 0.3 is 0 Å². The Hall–Kier alpha value is -4.53. The zero-order valence-electron chi connectivity index (χ0n) is 18.1. The summed E-state index contributed by atoms with van der Waals surface area (Å²) >= 11 is 0. The van der Waals surface area contributed by atoms with E-state index in [1.165, 1.54) is 31.4 Å². The van der Waals surface area contributed by atoms with Gasteiger partial charge in [0.05, 0.1) is 12.8 Å². The lowest BCUT2D eigenvalue weighted by molar-refractivity contribution is -0.121. The molecule has 1 saturated heterocycles. The van der Waals surface area contributed by atoms with E-state index in [4.69, 9.17) is 4.74 Å². The van der Waals surface area contributed by atoms with Gasteiger partial charge in [-0.15, -0.1) is 0 Å². The first-order chi connectivity index (χ1) is 16.4. The summed E-state index contributed by atoms with van der Waals surface area (Å²) in [7, 11) is 1.53. The van der Waals surface area contributed by atoms with Gasteiger partial charge in [-0.25, -0.2) is 9.37 Å². The number of imidazole rings is 1. The quantitative estimate of drug-likeness (QED) is 0.435. The summed E-state index contributed by atoms with van der Waals surface area (Å²) in [5.74, 6) is -0.522. The third-order valence-electron chi connectivity index (χ3n) is 5.65. The van der Waals surface area contributed by atoms with Crippen LogP contribution in [0.25, 0.3) is 22.2 Å². The van der Waals surface area contributed by atoms with Crippen LogP contribution in [0.3, 0.4) is 0 Å². The minimum Gasteiger partial charge on any atom is -0.494 e. The van der Waals surface area contributed by atoms with Crippen LogP contribution < -0.4 is 15.0 Å². The molecule has 0 saturated carbocycles. The molecule has 0 atom stereocenters. The standard InChI is InChI=1S/C25H19FN4O4/c1-34-19-11-10-18(14-2-6-16(26)7-3-14)22-23(19)28-25(27-22)29-24(33)15-4-8-17(9-5-15)30-20(31)12-13-21(30)32/h2-11H,12-13H2,1H3,(H2,27,28,29,33). The van der Waals surface area contributed by atoms with Gasteiger partial charge in [-0.2, -0.15) is 0 Å². The Morgan fingerprint density at radius 1 is 1.00 bits per heavy atom. The number of amides is 3. The van der Waals surface area contributed by atoms with Crippen molar-refractivity contribution in [3.05, 3.63) is 72.0 Å². The fraction of sp³-hybridized carbons (Fsp3) is 0.120. The molecule has 9 heteroatoms. The highest BCUT2D eigenvalue weighted by atomic mass is 19.1. The van der Waals surface area contributed by atoms with Crippen LogP contribution in [0.15, 0.2) is 60.7 Å². The molecule has 4 aromatic rings. The second kappa shape index (κ2) is 8.43. The topological polar surface area (TPSA) is 104 Å². The Bertz CT molecular complexity index is 1410. The number of aromatic nitrogens is 2. The number of fused-ring (bicyclic) bond motifs is 1. The second-order valence-electron chi connectivity index (χ2n) is 7.76. The van der Waals surface area contributed by atoms with Gasteiger partial charge < -0.3 is 9.72 Å². The number of benzene rings is 3. The van der Waals surface area contributed by atoms with Gasteiger partial charge in [-0.05, 0) is 54.1 Å². The molecule has 0 spiro atoms. The van der Waals surface area contributed by atoms with Crippen LogP contribution >= 0.6 is 0 Å². The van der Waals surface area contributed by atoms with Gasteiger partial charge in [-0.3, -0.25) is 24.6 Å². The van der Waals surface area contributed by atoms with Crippen molar-refractivity contribution in [3.8, 4) is 16.9 Å². The number of H-pyrrole nitrogens is 1. The molecular formula is C25H19FN4O4. The molecule has 3 amide bonds. The number of nitrogens with zero attached hydrogens (tertiary/aromatic N) is 2. The maximum Gasteiger partial charge on any atom is 0.257 e. The molecule has 8 nitrogen and oxygen atoms in total. The lowest BCUT2D eigenvalue weighted by Crippen LogP contribution is -2.28. The summed E-state index contributed by atoms with van der Waals surface area (Å²) in [6.07, 6.45) is 0.382. The van der Waals surface area contributed by atoms with Gasteiger partial charge in [0.1, 0.15) is 22.6 Å². The smallest absolute Gasteiger partial charge is 0.257 e. The number of aromatic amines is 1. The molecule has 170 valence electrons. The number of carbonyl (C=O) groups is 3. The van der Waals surface area contributed by atoms with Crippen molar-refractivity contribution in [1.29, 1.82) is 0 Å². The highest BCUT2D eigenvalue weighted by molar-refractivity contribution is 6.20. The van der Waals surface area contributed by atoms with E-state index in [2.05, 4.69) is 15.3 Å². The van der Waals surface area contributed by atoms with Gasteiger partial charge in [0.2, 0.25) is 17.8 Å². The lowest BCUT2D eigenvalue weighted by atomic mass is 10.0. The van der Waals surface area contributed by atoms with E-state index in [-0.39, 0.29) is 36.4 Å². The minimum atomic E-state index is -0.424. The van der Waals surface area contributed by atoms with E-state index in [9.17, 15) is 18.8 Å². The number of hydrogen-bond donors (Lipinski definition) is 2. The predicted octanol–water partition coefficient (Wildman–Crippen LogP) is 4.28. The Morgan fingerprint density at radius 2 is 1.68 bits per heavy atom. The maximum atomic E-state index is 13.4. The van der Waals surface area contributed by atoms with Crippen LogP contribution in [-0.4, -0.2) is 34.8 Å². The summed E-state index contributed by atoms with van der Waals surface area (Å²) in [5, 5.41) is 2.72. The molecule has 0 aliphatic carbocycles. The first-order valence-corrected chi connectivity index (χ1v) is 10.5. The highest BCUT2D eigenvalue weighted by Gasteiger charge is 2.30. The largest absolute Gasteiger partial charge is 0.494 e. The Balaban J connectivity index is 1.43. The Kier molecular flexibility index (Phi) is 5.29. The molecule has 1 aliphatic heterocycles. The summed E-state index contributed by atoms with van der Waals surface area (Å²) in [6.45, 7) is 0. The van der Waals surface area contributed by atoms with Crippen LogP contribution in [-0.2, 0) is 9.59 Å². The number of nitrogens with one attached hydrogen (secondary N) is 2. The van der Waals surface area contributed by atoms with Crippen molar-refractivity contribution in [2.24, 2.45) is 0 Å². The first-order valence-electron chi connectivity index (χ1n) is 10.5. The van der Waals surface area contributed by atoms with Crippen LogP contribution in [0, 0.1) is 5.82 Å². The van der Waals surface area contributed by atoms with Crippen molar-refractivity contribution >= 4 is 40.4 Å². The van der Waals surface area contributed by atoms with Crippen LogP contribution in [0.4, 0.5) is 16.0 Å². The van der Waals surface area contributed by atoms with Crippen LogP contribution in [0.5, 0.6) is 5.75 Å². The number of imide groups is 1. The van der Waals surface area contributed by atoms with E-state index in [0.29, 0.717) is 28.0 Å². The number of hydrogen-bond acceptors (Lipinski definition) is 5. The maximum absolute atomic E-state index is 13.4. The molecular weight excluding hydrogens is 439 g/mol. The van der Waals surface area contributed by atoms with Crippen LogP contribution in [0.2, 0.25) is 0 Å². The zero-order chi connectivity index (χ0) is 23.8. The number of anilines is 2. The van der Waals surface area contributed by atoms with Gasteiger partial charge in [0.15, 0.2) is 0 Å². The number of carbonyl (C=O) groups excluding carboxylic acids is 3. The molecule has 2 heterocycles. The van der Waals surface area contributed by atoms with E-state index in [1.807, 2.05) is 6.07 Å². The van der Waals surface area contributed by atoms with Crippen LogP contribution in [0.1, 0.15) is 23.2 Å². The van der Waals surface area contributed by atoms with E-state index < -0.39 is 5.91 Å². The zero-order valence-corrected chi connectivity index (χ0v) is 18.1. The van der Waals surface area contributed by atoms with E-state index in [1.54, 1.807) is 30.3 Å². The predicted molar refractivity (Wildman–Crippen MR) is 124 cm³/mol. The van der Waals surface area contributed by atoms with Crippen molar-refractivity contribution in [2.75, 3.05) is 17.3 Å². The number of methoxy groups -OCH3 is 1. The van der Waals surface area contributed by atoms with Gasteiger partial charge in [-0.1, -0.05) is 12.1 Å². The minimum absolute atomic E-state index is 0.191. The Morgan fingerprint density at radius 3 is 2.32 bits per heavy atom. The van der Waals surface area contributed by atoms with Crippen molar-refractivity contribution in [1.82, 2.24) is 9.97 Å². The van der Waals surface area contributed by atoms with E-state index in [0.717, 1.165) is 16.0 Å². The molecule has 0 radical (unpaired) electrons. The van der Waals surface area contributed by atoms with Crippen molar-refractivity contribution in [2.45, 2.75) is 12.8 Å². The monoisotopic (exact) mass is 458 g/mol. The summed E-state index contributed by atoms with van der Waals surface area (Å²) < 4.78 is 18.8. The third-order valence-corrected chi connectivity index (χ3v) is 5.65. The summed E-state index contributed by atoms with van der Waals surface area (Å²) in [5.41, 5.74) is 3.41. The average Bonchev–Trinajstić information content (AvgIpc) is 3.41. The van der Waals surface area contributed by atoms with Gasteiger partial charge in [0.25, 0.3) is 5.91 Å². The number of ether oxygens (including phenoxy) is 1. The molecule has 2 N–H and O–H groups in total. The summed E-state index contributed by atoms with van der Waals surface area (Å²) in [6, 6.07) is 15.8. The number of halogens is 1. The first kappa shape index (κ1) is 21.3. The normalized spacial score (nSPS) is 13.5. The van der Waals surface area contributed by atoms with Gasteiger partial charge in [0, 0.05) is 24.0 Å². The summed E-state index contributed by atoms with van der Waals surface area (Å²) in [4.78, 5) is 45.4. The highest BCUT2D eigenvalue weighted by Crippen LogP contribution is 2.34. The average molecular weight is 458 g/mol. The molecule has 1 aliphatic rings. The molecule has 1 aromatic heterocycles.